The summed E-state index contributed by atoms with van der Waals surface area (Å²) in [7, 11) is 0. The van der Waals surface area contributed by atoms with Crippen molar-refractivity contribution < 1.29 is 22.0 Å². The zero-order valence-electron chi connectivity index (χ0n) is 8.59. The van der Waals surface area contributed by atoms with Crippen molar-refractivity contribution in [3.8, 4) is 12.1 Å². The predicted molar refractivity (Wildman–Crippen MR) is 48.2 cm³/mol. The summed E-state index contributed by atoms with van der Waals surface area (Å²) in [6.45, 7) is 0. The fraction of sp³-hybridized carbons (Fsp3) is 0.300. The van der Waals surface area contributed by atoms with Crippen LogP contribution in [-0.4, -0.2) is 4.98 Å². The zero-order valence-corrected chi connectivity index (χ0v) is 8.59. The molecule has 8 heteroatoms. The molecule has 1 rings (SSSR count). The zero-order chi connectivity index (χ0) is 13.9. The molecule has 0 fully saturated rings. The van der Waals surface area contributed by atoms with Crippen LogP contribution >= 0.6 is 0 Å². The third-order valence-electron chi connectivity index (χ3n) is 2.07. The van der Waals surface area contributed by atoms with Crippen LogP contribution in [0.15, 0.2) is 6.20 Å². The van der Waals surface area contributed by atoms with Gasteiger partial charge in [-0.1, -0.05) is 0 Å². The van der Waals surface area contributed by atoms with Crippen LogP contribution in [0.3, 0.4) is 0 Å². The standard InChI is InChI=1S/C10H4F5N3/c11-9(12)7-6(1-2-16)18-4-5(3-17)8(7)10(13,14)15/h4,9H,1H2. The highest BCUT2D eigenvalue weighted by molar-refractivity contribution is 5.46. The molecular formula is C10H4F5N3. The average Bonchev–Trinajstić information content (AvgIpc) is 2.27. The smallest absolute Gasteiger partial charge is 0.258 e. The van der Waals surface area contributed by atoms with Crippen LogP contribution < -0.4 is 0 Å². The summed E-state index contributed by atoms with van der Waals surface area (Å²) in [5.41, 5.74) is -4.78. The molecule has 1 aromatic heterocycles. The molecule has 0 saturated carbocycles. The van der Waals surface area contributed by atoms with Gasteiger partial charge in [-0.05, 0) is 0 Å². The largest absolute Gasteiger partial charge is 0.418 e. The highest BCUT2D eigenvalue weighted by Crippen LogP contribution is 2.39. The molecule has 0 bridgehead atoms. The van der Waals surface area contributed by atoms with Crippen molar-refractivity contribution in [3.05, 3.63) is 28.6 Å². The van der Waals surface area contributed by atoms with Crippen LogP contribution in [-0.2, 0) is 12.6 Å². The van der Waals surface area contributed by atoms with E-state index in [9.17, 15) is 22.0 Å². The van der Waals surface area contributed by atoms with E-state index in [-0.39, 0.29) is 0 Å². The van der Waals surface area contributed by atoms with Gasteiger partial charge in [-0.25, -0.2) is 8.78 Å². The van der Waals surface area contributed by atoms with Crippen molar-refractivity contribution >= 4 is 0 Å². The maximum Gasteiger partial charge on any atom is 0.418 e. The molecular weight excluding hydrogens is 257 g/mol. The first kappa shape index (κ1) is 13.8. The van der Waals surface area contributed by atoms with Crippen LogP contribution in [0.4, 0.5) is 22.0 Å². The molecule has 0 radical (unpaired) electrons. The summed E-state index contributed by atoms with van der Waals surface area (Å²) in [6.07, 6.45) is -8.72. The molecule has 0 aliphatic rings. The van der Waals surface area contributed by atoms with Gasteiger partial charge in [-0.15, -0.1) is 0 Å². The molecule has 1 aromatic rings. The Balaban J connectivity index is 3.67. The second-order valence-electron chi connectivity index (χ2n) is 3.15. The molecule has 0 spiro atoms. The minimum Gasteiger partial charge on any atom is -0.258 e. The third kappa shape index (κ3) is 2.54. The Morgan fingerprint density at radius 1 is 1.28 bits per heavy atom. The third-order valence-corrected chi connectivity index (χ3v) is 2.07. The lowest BCUT2D eigenvalue weighted by molar-refractivity contribution is -0.139. The average molecular weight is 261 g/mol. The minimum atomic E-state index is -5.11. The Bertz CT molecular complexity index is 536. The van der Waals surface area contributed by atoms with E-state index in [0.29, 0.717) is 6.20 Å². The van der Waals surface area contributed by atoms with Crippen molar-refractivity contribution in [1.82, 2.24) is 4.98 Å². The van der Waals surface area contributed by atoms with Gasteiger partial charge in [0.15, 0.2) is 0 Å². The number of hydrogen-bond acceptors (Lipinski definition) is 3. The van der Waals surface area contributed by atoms with Crippen LogP contribution in [0.1, 0.15) is 28.8 Å². The van der Waals surface area contributed by atoms with Crippen LogP contribution in [0.2, 0.25) is 0 Å². The van der Waals surface area contributed by atoms with Crippen LogP contribution in [0.5, 0.6) is 0 Å². The molecule has 18 heavy (non-hydrogen) atoms. The molecule has 0 saturated heterocycles. The Morgan fingerprint density at radius 3 is 2.28 bits per heavy atom. The minimum absolute atomic E-state index is 0.543. The molecule has 0 N–H and O–H groups in total. The number of rotatable bonds is 2. The van der Waals surface area contributed by atoms with E-state index in [1.54, 1.807) is 0 Å². The highest BCUT2D eigenvalue weighted by Gasteiger charge is 2.40. The van der Waals surface area contributed by atoms with Gasteiger partial charge in [0.25, 0.3) is 6.43 Å². The van der Waals surface area contributed by atoms with Gasteiger partial charge in [0.1, 0.15) is 6.07 Å². The molecule has 3 nitrogen and oxygen atoms in total. The summed E-state index contributed by atoms with van der Waals surface area (Å²) in [6, 6.07) is 2.62. The SMILES string of the molecule is N#CCc1ncc(C#N)c(C(F)(F)F)c1C(F)F. The van der Waals surface area contributed by atoms with E-state index in [2.05, 4.69) is 4.98 Å². The summed E-state index contributed by atoms with van der Waals surface area (Å²) >= 11 is 0. The number of nitrogens with zero attached hydrogens (tertiary/aromatic N) is 3. The monoisotopic (exact) mass is 261 g/mol. The van der Waals surface area contributed by atoms with E-state index in [4.69, 9.17) is 10.5 Å². The van der Waals surface area contributed by atoms with Crippen molar-refractivity contribution in [1.29, 1.82) is 10.5 Å². The number of hydrogen-bond donors (Lipinski definition) is 0. The number of aromatic nitrogens is 1. The summed E-state index contributed by atoms with van der Waals surface area (Å²) in [5, 5.41) is 16.9. The van der Waals surface area contributed by atoms with E-state index in [1.807, 2.05) is 0 Å². The molecule has 94 valence electrons. The molecule has 1 heterocycles. The Hall–Kier alpha value is -2.22. The second-order valence-corrected chi connectivity index (χ2v) is 3.15. The van der Waals surface area contributed by atoms with Gasteiger partial charge in [-0.3, -0.25) is 4.98 Å². The first-order valence-corrected chi connectivity index (χ1v) is 4.47. The van der Waals surface area contributed by atoms with Crippen molar-refractivity contribution in [2.45, 2.75) is 19.0 Å². The first-order chi connectivity index (χ1) is 8.32. The number of nitriles is 2. The maximum atomic E-state index is 12.7. The van der Waals surface area contributed by atoms with Crippen molar-refractivity contribution in [2.75, 3.05) is 0 Å². The van der Waals surface area contributed by atoms with E-state index < -0.39 is 41.4 Å². The number of pyridine rings is 1. The molecule has 0 aliphatic heterocycles. The lowest BCUT2D eigenvalue weighted by Gasteiger charge is -2.15. The Labute approximate surface area is 98.1 Å². The van der Waals surface area contributed by atoms with Crippen molar-refractivity contribution in [2.24, 2.45) is 0 Å². The maximum absolute atomic E-state index is 12.7. The topological polar surface area (TPSA) is 60.5 Å². The summed E-state index contributed by atoms with van der Waals surface area (Å²) < 4.78 is 63.4. The lowest BCUT2D eigenvalue weighted by Crippen LogP contribution is -2.15. The van der Waals surface area contributed by atoms with Gasteiger partial charge < -0.3 is 0 Å². The number of alkyl halides is 5. The number of halogens is 5. The van der Waals surface area contributed by atoms with Gasteiger partial charge in [0.05, 0.1) is 34.9 Å². The molecule has 0 amide bonds. The van der Waals surface area contributed by atoms with Crippen LogP contribution in [0.25, 0.3) is 0 Å². The quantitative estimate of drug-likeness (QED) is 0.769. The van der Waals surface area contributed by atoms with E-state index in [0.717, 1.165) is 0 Å². The van der Waals surface area contributed by atoms with Gasteiger partial charge in [-0.2, -0.15) is 23.7 Å². The van der Waals surface area contributed by atoms with E-state index >= 15 is 0 Å². The Morgan fingerprint density at radius 2 is 1.89 bits per heavy atom. The summed E-state index contributed by atoms with van der Waals surface area (Å²) in [4.78, 5) is 3.31. The Kier molecular flexibility index (Phi) is 3.82. The van der Waals surface area contributed by atoms with Crippen molar-refractivity contribution in [3.63, 3.8) is 0 Å². The van der Waals surface area contributed by atoms with Crippen LogP contribution in [0, 0.1) is 22.7 Å². The van der Waals surface area contributed by atoms with Gasteiger partial charge in [0, 0.05) is 6.20 Å². The first-order valence-electron chi connectivity index (χ1n) is 4.47. The van der Waals surface area contributed by atoms with Gasteiger partial charge in [0.2, 0.25) is 0 Å². The fourth-order valence-corrected chi connectivity index (χ4v) is 1.41. The molecule has 0 aromatic carbocycles. The van der Waals surface area contributed by atoms with E-state index in [1.165, 1.54) is 12.1 Å². The normalized spacial score (nSPS) is 11.1. The molecule has 0 atom stereocenters. The predicted octanol–water partition coefficient (Wildman–Crippen LogP) is 2.98. The molecule has 0 aliphatic carbocycles. The highest BCUT2D eigenvalue weighted by atomic mass is 19.4. The second kappa shape index (κ2) is 4.96. The van der Waals surface area contributed by atoms with Gasteiger partial charge >= 0.3 is 6.18 Å². The lowest BCUT2D eigenvalue weighted by atomic mass is 10.00. The summed E-state index contributed by atoms with van der Waals surface area (Å²) in [5.74, 6) is 0. The molecule has 0 unspecified atom stereocenters. The fourth-order valence-electron chi connectivity index (χ4n) is 1.41.